The van der Waals surface area contributed by atoms with Crippen LogP contribution in [0.15, 0.2) is 24.3 Å². The van der Waals surface area contributed by atoms with E-state index < -0.39 is 35.9 Å². The first-order chi connectivity index (χ1) is 9.41. The number of hydrogen-bond donors (Lipinski definition) is 4. The number of aromatic hydroxyl groups is 1. The van der Waals surface area contributed by atoms with E-state index in [4.69, 9.17) is 0 Å². The molecule has 0 saturated heterocycles. The number of aliphatic hydroxyl groups excluding tert-OH is 3. The number of phenols is 1. The zero-order valence-electron chi connectivity index (χ0n) is 10.9. The Labute approximate surface area is 115 Å². The van der Waals surface area contributed by atoms with Crippen LogP contribution in [-0.2, 0) is 0 Å². The minimum Gasteiger partial charge on any atom is -0.507 e. The van der Waals surface area contributed by atoms with Crippen molar-refractivity contribution >= 4 is 5.78 Å². The second-order valence-corrected chi connectivity index (χ2v) is 5.53. The molecule has 0 saturated carbocycles. The van der Waals surface area contributed by atoms with E-state index in [9.17, 15) is 25.2 Å². The first-order valence-corrected chi connectivity index (χ1v) is 6.52. The maximum atomic E-state index is 12.5. The van der Waals surface area contributed by atoms with Gasteiger partial charge in [-0.1, -0.05) is 18.2 Å². The highest BCUT2D eigenvalue weighted by molar-refractivity contribution is 6.03. The van der Waals surface area contributed by atoms with Crippen molar-refractivity contribution in [1.29, 1.82) is 0 Å². The van der Waals surface area contributed by atoms with Gasteiger partial charge in [-0.25, -0.2) is 0 Å². The molecule has 0 radical (unpaired) electrons. The Hall–Kier alpha value is -1.69. The van der Waals surface area contributed by atoms with Gasteiger partial charge in [0.25, 0.3) is 0 Å². The standard InChI is InChI=1S/C15H16O5/c1-6-4-8-11(10(17)5-6)15(20)12-7(13(8)18)2-3-9(16)14(12)19/h2-5,7,9,12-14,16-19H,1H3/t7-,9+,12+,13-,14-/m0/s1. The molecule has 1 aromatic carbocycles. The molecule has 0 heterocycles. The highest BCUT2D eigenvalue weighted by atomic mass is 16.3. The number of ketones is 1. The molecule has 106 valence electrons. The average molecular weight is 276 g/mol. The monoisotopic (exact) mass is 276 g/mol. The molecule has 0 unspecified atom stereocenters. The van der Waals surface area contributed by atoms with Gasteiger partial charge in [0.2, 0.25) is 0 Å². The number of aryl methyl sites for hydroxylation is 1. The van der Waals surface area contributed by atoms with Crippen LogP contribution >= 0.6 is 0 Å². The van der Waals surface area contributed by atoms with Gasteiger partial charge >= 0.3 is 0 Å². The van der Waals surface area contributed by atoms with Gasteiger partial charge in [-0.3, -0.25) is 4.79 Å². The van der Waals surface area contributed by atoms with E-state index in [1.807, 2.05) is 0 Å². The number of carbonyl (C=O) groups excluding carboxylic acids is 1. The van der Waals surface area contributed by atoms with Crippen molar-refractivity contribution < 1.29 is 25.2 Å². The largest absolute Gasteiger partial charge is 0.507 e. The summed E-state index contributed by atoms with van der Waals surface area (Å²) in [5.74, 6) is -2.16. The maximum Gasteiger partial charge on any atom is 0.173 e. The molecule has 0 aromatic heterocycles. The second kappa shape index (κ2) is 4.41. The molecule has 0 aliphatic heterocycles. The van der Waals surface area contributed by atoms with Crippen molar-refractivity contribution in [2.75, 3.05) is 0 Å². The topological polar surface area (TPSA) is 98.0 Å². The summed E-state index contributed by atoms with van der Waals surface area (Å²) in [4.78, 5) is 12.5. The molecule has 4 N–H and O–H groups in total. The molecule has 5 heteroatoms. The molecule has 1 aromatic rings. The van der Waals surface area contributed by atoms with Gasteiger partial charge in [0.15, 0.2) is 5.78 Å². The predicted octanol–water partition coefficient (Wildman–Crippen LogP) is 0.454. The van der Waals surface area contributed by atoms with Gasteiger partial charge < -0.3 is 20.4 Å². The van der Waals surface area contributed by atoms with E-state index in [1.165, 1.54) is 12.1 Å². The molecular formula is C15H16O5. The molecule has 0 bridgehead atoms. The van der Waals surface area contributed by atoms with Crippen LogP contribution in [0.4, 0.5) is 0 Å². The smallest absolute Gasteiger partial charge is 0.173 e. The van der Waals surface area contributed by atoms with Crippen molar-refractivity contribution in [3.05, 3.63) is 41.0 Å². The quantitative estimate of drug-likeness (QED) is 0.516. The Morgan fingerprint density at radius 1 is 1.10 bits per heavy atom. The number of Topliss-reactive ketones (excluding diaryl/α,β-unsaturated/α-hetero) is 1. The van der Waals surface area contributed by atoms with Crippen LogP contribution in [0.2, 0.25) is 0 Å². The van der Waals surface area contributed by atoms with Gasteiger partial charge in [0.1, 0.15) is 5.75 Å². The highest BCUT2D eigenvalue weighted by Crippen LogP contribution is 2.45. The van der Waals surface area contributed by atoms with Crippen LogP contribution in [-0.4, -0.2) is 38.4 Å². The summed E-state index contributed by atoms with van der Waals surface area (Å²) >= 11 is 0. The molecule has 2 aliphatic carbocycles. The summed E-state index contributed by atoms with van der Waals surface area (Å²) in [7, 11) is 0. The zero-order valence-corrected chi connectivity index (χ0v) is 10.9. The number of phenolic OH excluding ortho intramolecular Hbond substituents is 1. The van der Waals surface area contributed by atoms with Crippen molar-refractivity contribution in [1.82, 2.24) is 0 Å². The summed E-state index contributed by atoms with van der Waals surface area (Å²) in [6.45, 7) is 1.76. The number of rotatable bonds is 0. The van der Waals surface area contributed by atoms with Crippen LogP contribution < -0.4 is 0 Å². The molecule has 5 nitrogen and oxygen atoms in total. The molecule has 20 heavy (non-hydrogen) atoms. The molecule has 0 fully saturated rings. The van der Waals surface area contributed by atoms with E-state index in [0.717, 1.165) is 5.56 Å². The van der Waals surface area contributed by atoms with Crippen LogP contribution in [0.25, 0.3) is 0 Å². The van der Waals surface area contributed by atoms with Crippen LogP contribution in [0.5, 0.6) is 5.75 Å². The normalized spacial score (nSPS) is 35.6. The lowest BCUT2D eigenvalue weighted by atomic mass is 9.67. The van der Waals surface area contributed by atoms with Gasteiger partial charge in [0, 0.05) is 5.92 Å². The Morgan fingerprint density at radius 2 is 1.80 bits per heavy atom. The number of benzene rings is 1. The number of fused-ring (bicyclic) bond motifs is 2. The summed E-state index contributed by atoms with van der Waals surface area (Å²) < 4.78 is 0. The summed E-state index contributed by atoms with van der Waals surface area (Å²) in [5, 5.41) is 40.1. The number of carbonyl (C=O) groups is 1. The van der Waals surface area contributed by atoms with Crippen LogP contribution in [0.3, 0.4) is 0 Å². The average Bonchev–Trinajstić information content (AvgIpc) is 2.38. The van der Waals surface area contributed by atoms with E-state index in [2.05, 4.69) is 0 Å². The third-order valence-electron chi connectivity index (χ3n) is 4.19. The van der Waals surface area contributed by atoms with E-state index in [-0.39, 0.29) is 11.3 Å². The molecule has 0 spiro atoms. The van der Waals surface area contributed by atoms with Gasteiger partial charge in [-0.15, -0.1) is 0 Å². The highest BCUT2D eigenvalue weighted by Gasteiger charge is 2.48. The Morgan fingerprint density at radius 3 is 2.50 bits per heavy atom. The molecule has 3 rings (SSSR count). The third kappa shape index (κ3) is 1.71. The Balaban J connectivity index is 2.19. The van der Waals surface area contributed by atoms with Crippen LogP contribution in [0.1, 0.15) is 27.6 Å². The van der Waals surface area contributed by atoms with E-state index in [0.29, 0.717) is 5.56 Å². The summed E-state index contributed by atoms with van der Waals surface area (Å²) in [6.07, 6.45) is -0.449. The van der Waals surface area contributed by atoms with Crippen molar-refractivity contribution in [2.45, 2.75) is 25.2 Å². The van der Waals surface area contributed by atoms with Crippen LogP contribution in [0, 0.1) is 18.8 Å². The first kappa shape index (κ1) is 13.3. The predicted molar refractivity (Wildman–Crippen MR) is 70.3 cm³/mol. The molecule has 5 atom stereocenters. The Kier molecular flexibility index (Phi) is 2.93. The molecular weight excluding hydrogens is 260 g/mol. The van der Waals surface area contributed by atoms with E-state index >= 15 is 0 Å². The van der Waals surface area contributed by atoms with Crippen molar-refractivity contribution in [2.24, 2.45) is 11.8 Å². The fourth-order valence-corrected chi connectivity index (χ4v) is 3.22. The third-order valence-corrected chi connectivity index (χ3v) is 4.19. The zero-order chi connectivity index (χ0) is 14.6. The van der Waals surface area contributed by atoms with Gasteiger partial charge in [-0.05, 0) is 24.1 Å². The maximum absolute atomic E-state index is 12.5. The lowest BCUT2D eigenvalue weighted by Crippen LogP contribution is -2.48. The van der Waals surface area contributed by atoms with E-state index in [1.54, 1.807) is 19.1 Å². The number of hydrogen-bond acceptors (Lipinski definition) is 5. The fraction of sp³-hybridized carbons (Fsp3) is 0.400. The molecule has 0 amide bonds. The minimum absolute atomic E-state index is 0.0471. The van der Waals surface area contributed by atoms with Gasteiger partial charge in [-0.2, -0.15) is 0 Å². The fourth-order valence-electron chi connectivity index (χ4n) is 3.22. The number of aliphatic hydroxyl groups is 3. The van der Waals surface area contributed by atoms with Crippen molar-refractivity contribution in [3.63, 3.8) is 0 Å². The minimum atomic E-state index is -1.28. The second-order valence-electron chi connectivity index (χ2n) is 5.53. The Bertz CT molecular complexity index is 607. The summed E-state index contributed by atoms with van der Waals surface area (Å²) in [6, 6.07) is 3.12. The summed E-state index contributed by atoms with van der Waals surface area (Å²) in [5.41, 5.74) is 1.17. The van der Waals surface area contributed by atoms with Gasteiger partial charge in [0.05, 0.1) is 29.8 Å². The lowest BCUT2D eigenvalue weighted by Gasteiger charge is -2.40. The molecule has 2 aliphatic rings. The van der Waals surface area contributed by atoms with Crippen molar-refractivity contribution in [3.8, 4) is 5.75 Å². The SMILES string of the molecule is Cc1cc(O)c2c(c1)[C@@H](O)[C@H]1C=C[C@@H](O)[C@H](O)[C@@H]1C2=O. The first-order valence-electron chi connectivity index (χ1n) is 6.52. The lowest BCUT2D eigenvalue weighted by molar-refractivity contribution is -0.0337.